The van der Waals surface area contributed by atoms with Gasteiger partial charge in [0, 0.05) is 30.3 Å². The van der Waals surface area contributed by atoms with Gasteiger partial charge in [-0.15, -0.1) is 0 Å². The number of carbonyl (C=O) groups is 1. The van der Waals surface area contributed by atoms with Crippen LogP contribution in [0.4, 0.5) is 4.39 Å². The van der Waals surface area contributed by atoms with Crippen LogP contribution in [0, 0.1) is 5.82 Å². The van der Waals surface area contributed by atoms with E-state index < -0.39 is 6.10 Å². The summed E-state index contributed by atoms with van der Waals surface area (Å²) in [5.41, 5.74) is 1.31. The van der Waals surface area contributed by atoms with E-state index >= 15 is 0 Å². The second-order valence-corrected chi connectivity index (χ2v) is 7.27. The smallest absolute Gasteiger partial charge is 0.265 e. The van der Waals surface area contributed by atoms with Crippen LogP contribution in [0.25, 0.3) is 10.9 Å². The molecule has 1 aromatic heterocycles. The Kier molecular flexibility index (Phi) is 6.77. The SMILES string of the molecule is CNC(=O)C(Oc1ccc(F)cc1)c1ccc(Oc2ccnc3cc(OC)c(OC)cc23)cc1. The largest absolute Gasteiger partial charge is 0.493 e. The molecule has 4 rings (SSSR count). The molecule has 0 aliphatic rings. The molecule has 1 heterocycles. The van der Waals surface area contributed by atoms with Crippen LogP contribution in [0.3, 0.4) is 0 Å². The Bertz CT molecular complexity index is 1290. The highest BCUT2D eigenvalue weighted by molar-refractivity contribution is 5.88. The van der Waals surface area contributed by atoms with Crippen molar-refractivity contribution in [1.82, 2.24) is 10.3 Å². The number of nitrogens with one attached hydrogen (secondary N) is 1. The van der Waals surface area contributed by atoms with Gasteiger partial charge < -0.3 is 24.3 Å². The van der Waals surface area contributed by atoms with Crippen molar-refractivity contribution < 1.29 is 28.1 Å². The molecule has 174 valence electrons. The molecule has 0 spiro atoms. The molecule has 3 aromatic carbocycles. The first-order valence-corrected chi connectivity index (χ1v) is 10.4. The summed E-state index contributed by atoms with van der Waals surface area (Å²) in [5, 5.41) is 3.35. The summed E-state index contributed by atoms with van der Waals surface area (Å²) in [6.45, 7) is 0. The van der Waals surface area contributed by atoms with E-state index in [2.05, 4.69) is 10.3 Å². The lowest BCUT2D eigenvalue weighted by Crippen LogP contribution is -2.29. The molecule has 1 atom stereocenters. The molecule has 0 fully saturated rings. The number of hydrogen-bond acceptors (Lipinski definition) is 6. The Morgan fingerprint density at radius 2 is 1.53 bits per heavy atom. The number of nitrogens with zero attached hydrogens (tertiary/aromatic N) is 1. The average molecular weight is 462 g/mol. The predicted octanol–water partition coefficient (Wildman–Crippen LogP) is 5.05. The van der Waals surface area contributed by atoms with Gasteiger partial charge in [0.15, 0.2) is 11.5 Å². The van der Waals surface area contributed by atoms with Gasteiger partial charge in [-0.2, -0.15) is 0 Å². The van der Waals surface area contributed by atoms with Crippen molar-refractivity contribution in [2.45, 2.75) is 6.10 Å². The summed E-state index contributed by atoms with van der Waals surface area (Å²) < 4.78 is 35.9. The highest BCUT2D eigenvalue weighted by Crippen LogP contribution is 2.37. The zero-order valence-corrected chi connectivity index (χ0v) is 18.9. The molecule has 0 saturated carbocycles. The topological polar surface area (TPSA) is 78.9 Å². The Hall–Kier alpha value is -4.33. The van der Waals surface area contributed by atoms with Crippen molar-refractivity contribution in [3.05, 3.63) is 84.3 Å². The summed E-state index contributed by atoms with van der Waals surface area (Å²) in [5.74, 6) is 1.94. The number of carbonyl (C=O) groups excluding carboxylic acids is 1. The minimum Gasteiger partial charge on any atom is -0.493 e. The van der Waals surface area contributed by atoms with E-state index in [0.717, 1.165) is 5.39 Å². The van der Waals surface area contributed by atoms with Gasteiger partial charge >= 0.3 is 0 Å². The maximum absolute atomic E-state index is 13.2. The average Bonchev–Trinajstić information content (AvgIpc) is 2.88. The highest BCUT2D eigenvalue weighted by atomic mass is 19.1. The number of methoxy groups -OCH3 is 2. The molecule has 4 aromatic rings. The van der Waals surface area contributed by atoms with Gasteiger partial charge in [-0.3, -0.25) is 9.78 Å². The van der Waals surface area contributed by atoms with E-state index in [9.17, 15) is 9.18 Å². The summed E-state index contributed by atoms with van der Waals surface area (Å²) in [6.07, 6.45) is 0.735. The number of likely N-dealkylation sites (N-methyl/N-ethyl adjacent to an activating group) is 1. The Morgan fingerprint density at radius 1 is 0.882 bits per heavy atom. The Labute approximate surface area is 196 Å². The second-order valence-electron chi connectivity index (χ2n) is 7.27. The number of hydrogen-bond donors (Lipinski definition) is 1. The predicted molar refractivity (Wildman–Crippen MR) is 125 cm³/mol. The van der Waals surface area contributed by atoms with E-state index in [-0.39, 0.29) is 11.7 Å². The number of ether oxygens (including phenoxy) is 4. The van der Waals surface area contributed by atoms with Crippen molar-refractivity contribution in [2.75, 3.05) is 21.3 Å². The third-order valence-corrected chi connectivity index (χ3v) is 5.17. The van der Waals surface area contributed by atoms with Crippen LogP contribution < -0.4 is 24.3 Å². The van der Waals surface area contributed by atoms with E-state index in [4.69, 9.17) is 18.9 Å². The quantitative estimate of drug-likeness (QED) is 0.395. The van der Waals surface area contributed by atoms with Crippen LogP contribution in [0.5, 0.6) is 28.7 Å². The van der Waals surface area contributed by atoms with Gasteiger partial charge in [0.1, 0.15) is 23.1 Å². The van der Waals surface area contributed by atoms with Crippen molar-refractivity contribution in [1.29, 1.82) is 0 Å². The van der Waals surface area contributed by atoms with Crippen molar-refractivity contribution >= 4 is 16.8 Å². The molecule has 7 nitrogen and oxygen atoms in total. The van der Waals surface area contributed by atoms with Gasteiger partial charge in [0.25, 0.3) is 5.91 Å². The summed E-state index contributed by atoms with van der Waals surface area (Å²) in [6, 6.07) is 17.8. The minimum absolute atomic E-state index is 0.334. The maximum Gasteiger partial charge on any atom is 0.265 e. The fraction of sp³-hybridized carbons (Fsp3) is 0.154. The Morgan fingerprint density at radius 3 is 2.18 bits per heavy atom. The molecule has 0 aliphatic carbocycles. The Balaban J connectivity index is 1.59. The van der Waals surface area contributed by atoms with E-state index in [1.165, 1.54) is 31.3 Å². The first kappa shape index (κ1) is 22.8. The zero-order chi connectivity index (χ0) is 24.1. The summed E-state index contributed by atoms with van der Waals surface area (Å²) in [7, 11) is 4.66. The minimum atomic E-state index is -0.914. The number of fused-ring (bicyclic) bond motifs is 1. The van der Waals surface area contributed by atoms with Crippen LogP contribution in [0.1, 0.15) is 11.7 Å². The zero-order valence-electron chi connectivity index (χ0n) is 18.9. The van der Waals surface area contributed by atoms with Gasteiger partial charge in [-0.1, -0.05) is 12.1 Å². The molecule has 1 N–H and O–H groups in total. The van der Waals surface area contributed by atoms with Gasteiger partial charge in [0.05, 0.1) is 19.7 Å². The molecule has 0 radical (unpaired) electrons. The number of aromatic nitrogens is 1. The standard InChI is InChI=1S/C26H23FN2O5/c1-28-26(30)25(34-19-10-6-17(27)7-11-19)16-4-8-18(9-5-16)33-22-12-13-29-21-15-24(32-3)23(31-2)14-20(21)22/h4-15,25H,1-3H3,(H,28,30). The maximum atomic E-state index is 13.2. The lowest BCUT2D eigenvalue weighted by molar-refractivity contribution is -0.127. The van der Waals surface area contributed by atoms with Crippen LogP contribution in [0.2, 0.25) is 0 Å². The summed E-state index contributed by atoms with van der Waals surface area (Å²) >= 11 is 0. The molecular formula is C26H23FN2O5. The fourth-order valence-corrected chi connectivity index (χ4v) is 3.43. The molecule has 0 saturated heterocycles. The van der Waals surface area contributed by atoms with Crippen molar-refractivity contribution in [3.63, 3.8) is 0 Å². The lowest BCUT2D eigenvalue weighted by atomic mass is 10.1. The first-order chi connectivity index (χ1) is 16.5. The monoisotopic (exact) mass is 462 g/mol. The highest BCUT2D eigenvalue weighted by Gasteiger charge is 2.22. The molecule has 8 heteroatoms. The summed E-state index contributed by atoms with van der Waals surface area (Å²) in [4.78, 5) is 16.8. The lowest BCUT2D eigenvalue weighted by Gasteiger charge is -2.18. The molecule has 1 unspecified atom stereocenters. The molecule has 0 aliphatic heterocycles. The third-order valence-electron chi connectivity index (χ3n) is 5.17. The number of pyridine rings is 1. The third kappa shape index (κ3) is 4.85. The van der Waals surface area contributed by atoms with Crippen LogP contribution >= 0.6 is 0 Å². The van der Waals surface area contributed by atoms with Gasteiger partial charge in [0.2, 0.25) is 6.10 Å². The van der Waals surface area contributed by atoms with E-state index in [0.29, 0.717) is 39.8 Å². The van der Waals surface area contributed by atoms with Crippen LogP contribution in [0.15, 0.2) is 72.9 Å². The molecule has 34 heavy (non-hydrogen) atoms. The van der Waals surface area contributed by atoms with Gasteiger partial charge in [-0.25, -0.2) is 4.39 Å². The molecule has 1 amide bonds. The first-order valence-electron chi connectivity index (χ1n) is 10.4. The second kappa shape index (κ2) is 10.1. The fourth-order valence-electron chi connectivity index (χ4n) is 3.43. The molecule has 0 bridgehead atoms. The van der Waals surface area contributed by atoms with Crippen LogP contribution in [-0.2, 0) is 4.79 Å². The van der Waals surface area contributed by atoms with E-state index in [1.54, 1.807) is 56.8 Å². The number of halogens is 1. The number of amides is 1. The normalized spacial score (nSPS) is 11.5. The number of rotatable bonds is 8. The number of benzene rings is 3. The van der Waals surface area contributed by atoms with E-state index in [1.807, 2.05) is 6.07 Å². The molecular weight excluding hydrogens is 439 g/mol. The van der Waals surface area contributed by atoms with Gasteiger partial charge in [-0.05, 0) is 48.5 Å². The van der Waals surface area contributed by atoms with Crippen LogP contribution in [-0.4, -0.2) is 32.2 Å². The van der Waals surface area contributed by atoms with Crippen molar-refractivity contribution in [2.24, 2.45) is 0 Å². The van der Waals surface area contributed by atoms with Crippen molar-refractivity contribution in [3.8, 4) is 28.7 Å².